The minimum Gasteiger partial charge on any atom is -0.199 e. The Balaban J connectivity index is 0.000000492. The van der Waals surface area contributed by atoms with Crippen molar-refractivity contribution >= 4 is 11.6 Å². The van der Waals surface area contributed by atoms with Crippen molar-refractivity contribution in [2.24, 2.45) is 0 Å². The molecule has 2 aromatic carbocycles. The smallest absolute Gasteiger partial charge is 0.0587 e. The monoisotopic (exact) mass is 257 g/mol. The van der Waals surface area contributed by atoms with Crippen molar-refractivity contribution in [3.05, 3.63) is 70.2 Å². The molecule has 0 atom stereocenters. The Morgan fingerprint density at radius 3 is 2.28 bits per heavy atom. The molecule has 2 heteroatoms. The highest BCUT2D eigenvalue weighted by Gasteiger charge is 2.01. The van der Waals surface area contributed by atoms with E-state index >= 15 is 0 Å². The van der Waals surface area contributed by atoms with Crippen LogP contribution < -0.4 is 0 Å². The van der Waals surface area contributed by atoms with Crippen LogP contribution in [-0.2, 0) is 6.42 Å². The van der Waals surface area contributed by atoms with Crippen LogP contribution in [0.25, 0.3) is 0 Å². The van der Waals surface area contributed by atoms with E-state index < -0.39 is 0 Å². The van der Waals surface area contributed by atoms with Gasteiger partial charge in [0.2, 0.25) is 0 Å². The Bertz CT molecular complexity index is 527. The van der Waals surface area contributed by atoms with Crippen molar-refractivity contribution in [2.45, 2.75) is 20.3 Å². The molecule has 0 saturated carbocycles. The van der Waals surface area contributed by atoms with Gasteiger partial charge in [-0.05, 0) is 36.1 Å². The lowest BCUT2D eigenvalue weighted by atomic mass is 10.0. The zero-order valence-corrected chi connectivity index (χ0v) is 11.4. The number of benzene rings is 2. The molecule has 0 aliphatic carbocycles. The average Bonchev–Trinajstić information content (AvgIpc) is 2.35. The van der Waals surface area contributed by atoms with E-state index in [0.29, 0.717) is 0 Å². The van der Waals surface area contributed by atoms with Gasteiger partial charge in [0.1, 0.15) is 0 Å². The van der Waals surface area contributed by atoms with E-state index in [0.717, 1.165) is 11.4 Å². The van der Waals surface area contributed by atoms with Crippen LogP contribution >= 0.6 is 11.6 Å². The Morgan fingerprint density at radius 1 is 1.11 bits per heavy atom. The Morgan fingerprint density at radius 2 is 1.72 bits per heavy atom. The first-order valence-electron chi connectivity index (χ1n) is 5.77. The topological polar surface area (TPSA) is 23.8 Å². The highest BCUT2D eigenvalue weighted by molar-refractivity contribution is 6.31. The molecule has 92 valence electrons. The molecule has 0 unspecified atom stereocenters. The fourth-order valence-electron chi connectivity index (χ4n) is 1.61. The van der Waals surface area contributed by atoms with Crippen LogP contribution in [0.3, 0.4) is 0 Å². The van der Waals surface area contributed by atoms with Crippen molar-refractivity contribution in [1.29, 1.82) is 5.26 Å². The van der Waals surface area contributed by atoms with Gasteiger partial charge in [0.05, 0.1) is 6.07 Å². The number of hydrogen-bond donors (Lipinski definition) is 0. The molecular weight excluding hydrogens is 242 g/mol. The second-order valence-corrected chi connectivity index (χ2v) is 4.39. The largest absolute Gasteiger partial charge is 0.199 e. The molecule has 0 amide bonds. The van der Waals surface area contributed by atoms with Crippen LogP contribution in [-0.4, -0.2) is 0 Å². The number of nitriles is 1. The van der Waals surface area contributed by atoms with Crippen LogP contribution in [0.15, 0.2) is 48.5 Å². The summed E-state index contributed by atoms with van der Waals surface area (Å²) >= 11 is 6.18. The Labute approximate surface area is 114 Å². The quantitative estimate of drug-likeness (QED) is 0.760. The fraction of sp³-hybridized carbons (Fsp3) is 0.188. The van der Waals surface area contributed by atoms with Crippen LogP contribution in [0.2, 0.25) is 5.02 Å². The van der Waals surface area contributed by atoms with Gasteiger partial charge in [-0.1, -0.05) is 54.1 Å². The van der Waals surface area contributed by atoms with Gasteiger partial charge in [0, 0.05) is 11.9 Å². The van der Waals surface area contributed by atoms with Gasteiger partial charge in [-0.15, -0.1) is 0 Å². The van der Waals surface area contributed by atoms with Crippen molar-refractivity contribution in [1.82, 2.24) is 0 Å². The van der Waals surface area contributed by atoms with Gasteiger partial charge in [-0.3, -0.25) is 0 Å². The van der Waals surface area contributed by atoms with Gasteiger partial charge < -0.3 is 0 Å². The van der Waals surface area contributed by atoms with Crippen molar-refractivity contribution < 1.29 is 0 Å². The second-order valence-electron chi connectivity index (χ2n) is 3.98. The predicted molar refractivity (Wildman–Crippen MR) is 76.7 cm³/mol. The number of nitrogens with zero attached hydrogens (tertiary/aromatic N) is 1. The molecule has 18 heavy (non-hydrogen) atoms. The van der Waals surface area contributed by atoms with Crippen LogP contribution in [0, 0.1) is 18.3 Å². The SMILES string of the molecule is CC#N.Cc1ccc(Cc2ccccc2)c(Cl)c1. The minimum absolute atomic E-state index is 0.860. The van der Waals surface area contributed by atoms with Crippen LogP contribution in [0.4, 0.5) is 0 Å². The molecule has 2 rings (SSSR count). The van der Waals surface area contributed by atoms with Gasteiger partial charge in [0.15, 0.2) is 0 Å². The molecule has 0 spiro atoms. The molecule has 0 saturated heterocycles. The maximum Gasteiger partial charge on any atom is 0.0587 e. The summed E-state index contributed by atoms with van der Waals surface area (Å²) in [5.74, 6) is 0. The van der Waals surface area contributed by atoms with Gasteiger partial charge >= 0.3 is 0 Å². The molecule has 0 bridgehead atoms. The molecule has 2 aromatic rings. The van der Waals surface area contributed by atoms with E-state index in [9.17, 15) is 0 Å². The van der Waals surface area contributed by atoms with E-state index in [-0.39, 0.29) is 0 Å². The summed E-state index contributed by atoms with van der Waals surface area (Å²) in [6, 6.07) is 18.3. The number of rotatable bonds is 2. The van der Waals surface area contributed by atoms with Crippen LogP contribution in [0.5, 0.6) is 0 Å². The molecule has 0 aliphatic heterocycles. The number of aryl methyl sites for hydroxylation is 1. The molecule has 0 aromatic heterocycles. The highest BCUT2D eigenvalue weighted by atomic mass is 35.5. The van der Waals surface area contributed by atoms with E-state index in [1.807, 2.05) is 12.1 Å². The maximum absolute atomic E-state index is 7.32. The highest BCUT2D eigenvalue weighted by Crippen LogP contribution is 2.20. The van der Waals surface area contributed by atoms with Gasteiger partial charge in [0.25, 0.3) is 0 Å². The van der Waals surface area contributed by atoms with Gasteiger partial charge in [-0.25, -0.2) is 0 Å². The third-order valence-corrected chi connectivity index (χ3v) is 2.80. The standard InChI is InChI=1S/C14H13Cl.C2H3N/c1-11-7-8-13(14(15)9-11)10-12-5-3-2-4-6-12;1-2-3/h2-9H,10H2,1H3;1H3. The maximum atomic E-state index is 7.32. The average molecular weight is 258 g/mol. The first-order chi connectivity index (χ1) is 8.67. The normalized spacial score (nSPS) is 9.00. The molecule has 0 heterocycles. The van der Waals surface area contributed by atoms with Crippen LogP contribution in [0.1, 0.15) is 23.6 Å². The van der Waals surface area contributed by atoms with E-state index in [1.54, 1.807) is 6.07 Å². The van der Waals surface area contributed by atoms with E-state index in [4.69, 9.17) is 16.9 Å². The molecule has 0 aliphatic rings. The van der Waals surface area contributed by atoms with Crippen molar-refractivity contribution in [3.8, 4) is 6.07 Å². The first-order valence-corrected chi connectivity index (χ1v) is 6.15. The molecule has 0 radical (unpaired) electrons. The van der Waals surface area contributed by atoms with Crippen molar-refractivity contribution in [3.63, 3.8) is 0 Å². The summed E-state index contributed by atoms with van der Waals surface area (Å²) in [6.07, 6.45) is 0.903. The zero-order valence-electron chi connectivity index (χ0n) is 10.7. The second kappa shape index (κ2) is 7.53. The minimum atomic E-state index is 0.860. The van der Waals surface area contributed by atoms with Gasteiger partial charge in [-0.2, -0.15) is 5.26 Å². The summed E-state index contributed by atoms with van der Waals surface area (Å²) < 4.78 is 0. The Kier molecular flexibility index (Phi) is 5.97. The molecular formula is C16H16ClN. The predicted octanol–water partition coefficient (Wildman–Crippen LogP) is 4.77. The summed E-state index contributed by atoms with van der Waals surface area (Å²) in [5, 5.41) is 8.18. The summed E-state index contributed by atoms with van der Waals surface area (Å²) in [4.78, 5) is 0. The summed E-state index contributed by atoms with van der Waals surface area (Å²) in [7, 11) is 0. The fourth-order valence-corrected chi connectivity index (χ4v) is 1.91. The third-order valence-electron chi connectivity index (χ3n) is 2.45. The van der Waals surface area contributed by atoms with Crippen molar-refractivity contribution in [2.75, 3.05) is 0 Å². The molecule has 0 fully saturated rings. The Hall–Kier alpha value is -1.78. The molecule has 0 N–H and O–H groups in total. The van der Waals surface area contributed by atoms with E-state index in [1.165, 1.54) is 23.6 Å². The summed E-state index contributed by atoms with van der Waals surface area (Å²) in [6.45, 7) is 3.48. The first kappa shape index (κ1) is 14.3. The number of hydrogen-bond acceptors (Lipinski definition) is 1. The number of halogens is 1. The summed E-state index contributed by atoms with van der Waals surface area (Å²) in [5.41, 5.74) is 3.69. The lowest BCUT2D eigenvalue weighted by Gasteiger charge is -2.05. The lowest BCUT2D eigenvalue weighted by Crippen LogP contribution is -1.89. The van der Waals surface area contributed by atoms with E-state index in [2.05, 4.69) is 43.3 Å². The third kappa shape index (κ3) is 4.61. The molecule has 1 nitrogen and oxygen atoms in total. The zero-order chi connectivity index (χ0) is 13.4. The lowest BCUT2D eigenvalue weighted by molar-refractivity contribution is 1.19.